The zero-order chi connectivity index (χ0) is 17.3. The first-order valence-electron chi connectivity index (χ1n) is 9.10. The Morgan fingerprint density at radius 2 is 1.92 bits per heavy atom. The van der Waals surface area contributed by atoms with E-state index in [9.17, 15) is 0 Å². The number of hydrogen-bond acceptors (Lipinski definition) is 4. The predicted molar refractivity (Wildman–Crippen MR) is 111 cm³/mol. The lowest BCUT2D eigenvalue weighted by atomic mass is 10.00. The first-order valence-corrected chi connectivity index (χ1v) is 10.8. The molecule has 0 saturated carbocycles. The summed E-state index contributed by atoms with van der Waals surface area (Å²) in [5.74, 6) is 0. The van der Waals surface area contributed by atoms with E-state index in [4.69, 9.17) is 4.98 Å². The SMILES string of the molecule is c1csc([C@@H](NCc2nc3ccccc3s2)c2ccc3c(c2)CCC3)c1. The summed E-state index contributed by atoms with van der Waals surface area (Å²) < 4.78 is 1.26. The van der Waals surface area contributed by atoms with E-state index in [0.717, 1.165) is 17.1 Å². The van der Waals surface area contributed by atoms with Gasteiger partial charge in [-0.3, -0.25) is 5.32 Å². The summed E-state index contributed by atoms with van der Waals surface area (Å²) in [6.07, 6.45) is 3.75. The molecule has 2 heterocycles. The van der Waals surface area contributed by atoms with Gasteiger partial charge in [0.05, 0.1) is 16.3 Å². The van der Waals surface area contributed by atoms with Crippen molar-refractivity contribution in [3.8, 4) is 0 Å². The van der Waals surface area contributed by atoms with Gasteiger partial charge < -0.3 is 0 Å². The summed E-state index contributed by atoms with van der Waals surface area (Å²) in [4.78, 5) is 6.14. The normalized spacial score (nSPS) is 14.6. The zero-order valence-electron chi connectivity index (χ0n) is 14.4. The summed E-state index contributed by atoms with van der Waals surface area (Å²) in [6.45, 7) is 0.791. The van der Waals surface area contributed by atoms with Crippen molar-refractivity contribution in [1.82, 2.24) is 10.3 Å². The van der Waals surface area contributed by atoms with Crippen molar-refractivity contribution in [3.05, 3.63) is 86.6 Å². The van der Waals surface area contributed by atoms with Crippen LogP contribution in [0.3, 0.4) is 0 Å². The van der Waals surface area contributed by atoms with E-state index in [-0.39, 0.29) is 6.04 Å². The van der Waals surface area contributed by atoms with Crippen LogP contribution < -0.4 is 5.32 Å². The molecule has 5 rings (SSSR count). The molecule has 2 aromatic carbocycles. The van der Waals surface area contributed by atoms with Crippen LogP contribution in [0.1, 0.15) is 39.0 Å². The second-order valence-electron chi connectivity index (χ2n) is 6.79. The Morgan fingerprint density at radius 3 is 2.81 bits per heavy atom. The van der Waals surface area contributed by atoms with E-state index in [1.807, 2.05) is 11.3 Å². The van der Waals surface area contributed by atoms with Crippen LogP contribution in [0.5, 0.6) is 0 Å². The third kappa shape index (κ3) is 3.09. The maximum absolute atomic E-state index is 4.78. The van der Waals surface area contributed by atoms with Gasteiger partial charge in [0.15, 0.2) is 0 Å². The number of benzene rings is 2. The van der Waals surface area contributed by atoms with Gasteiger partial charge in [-0.25, -0.2) is 4.98 Å². The Balaban J connectivity index is 1.43. The molecule has 4 heteroatoms. The highest BCUT2D eigenvalue weighted by Crippen LogP contribution is 2.31. The topological polar surface area (TPSA) is 24.9 Å². The van der Waals surface area contributed by atoms with Crippen LogP contribution in [0.2, 0.25) is 0 Å². The second-order valence-corrected chi connectivity index (χ2v) is 8.88. The van der Waals surface area contributed by atoms with Crippen LogP contribution in [0.15, 0.2) is 60.0 Å². The standard InChI is InChI=1S/C22H20N2S2/c1-2-8-19-18(7-1)24-21(26-19)14-23-22(20-9-4-12-25-20)17-11-10-15-5-3-6-16(15)13-17/h1-2,4,7-13,22-23H,3,5-6,14H2/t22-/m0/s1. The van der Waals surface area contributed by atoms with Gasteiger partial charge in [-0.2, -0.15) is 0 Å². The van der Waals surface area contributed by atoms with Gasteiger partial charge in [-0.05, 0) is 59.5 Å². The number of hydrogen-bond donors (Lipinski definition) is 1. The smallest absolute Gasteiger partial charge is 0.108 e. The number of thiophene rings is 1. The molecule has 26 heavy (non-hydrogen) atoms. The van der Waals surface area contributed by atoms with Crippen LogP contribution in [-0.2, 0) is 19.4 Å². The van der Waals surface area contributed by atoms with Crippen molar-refractivity contribution in [1.29, 1.82) is 0 Å². The van der Waals surface area contributed by atoms with Gasteiger partial charge in [0.25, 0.3) is 0 Å². The van der Waals surface area contributed by atoms with Crippen LogP contribution in [-0.4, -0.2) is 4.98 Å². The summed E-state index contributed by atoms with van der Waals surface area (Å²) in [6, 6.07) is 20.0. The first-order chi connectivity index (χ1) is 12.9. The number of thiazole rings is 1. The van der Waals surface area contributed by atoms with Crippen molar-refractivity contribution < 1.29 is 0 Å². The summed E-state index contributed by atoms with van der Waals surface area (Å²) in [5.41, 5.74) is 5.53. The van der Waals surface area contributed by atoms with Crippen molar-refractivity contribution in [3.63, 3.8) is 0 Å². The van der Waals surface area contributed by atoms with E-state index < -0.39 is 0 Å². The van der Waals surface area contributed by atoms with Crippen LogP contribution in [0, 0.1) is 0 Å². The Labute approximate surface area is 161 Å². The van der Waals surface area contributed by atoms with Gasteiger partial charge in [-0.1, -0.05) is 36.4 Å². The molecule has 0 amide bonds. The van der Waals surface area contributed by atoms with Crippen LogP contribution >= 0.6 is 22.7 Å². The Kier molecular flexibility index (Phi) is 4.33. The molecule has 0 aliphatic heterocycles. The number of fused-ring (bicyclic) bond motifs is 2. The van der Waals surface area contributed by atoms with Crippen molar-refractivity contribution >= 4 is 32.9 Å². The second kappa shape index (κ2) is 6.95. The molecule has 0 spiro atoms. The molecule has 130 valence electrons. The number of para-hydroxylation sites is 1. The van der Waals surface area contributed by atoms with E-state index >= 15 is 0 Å². The first kappa shape index (κ1) is 16.2. The van der Waals surface area contributed by atoms with Crippen LogP contribution in [0.25, 0.3) is 10.2 Å². The van der Waals surface area contributed by atoms with E-state index in [1.54, 1.807) is 11.3 Å². The zero-order valence-corrected chi connectivity index (χ0v) is 16.1. The third-order valence-corrected chi connectivity index (χ3v) is 7.05. The predicted octanol–water partition coefficient (Wildman–Crippen LogP) is 5.73. The number of rotatable bonds is 5. The van der Waals surface area contributed by atoms with Gasteiger partial charge >= 0.3 is 0 Å². The van der Waals surface area contributed by atoms with Crippen molar-refractivity contribution in [2.75, 3.05) is 0 Å². The molecule has 1 aliphatic carbocycles. The molecular weight excluding hydrogens is 356 g/mol. The molecule has 2 nitrogen and oxygen atoms in total. The minimum absolute atomic E-state index is 0.230. The molecule has 0 unspecified atom stereocenters. The highest BCUT2D eigenvalue weighted by molar-refractivity contribution is 7.18. The fourth-order valence-electron chi connectivity index (χ4n) is 3.79. The molecule has 1 aliphatic rings. The van der Waals surface area contributed by atoms with Gasteiger partial charge in [-0.15, -0.1) is 22.7 Å². The Bertz CT molecular complexity index is 1000. The van der Waals surface area contributed by atoms with Crippen molar-refractivity contribution in [2.45, 2.75) is 31.8 Å². The van der Waals surface area contributed by atoms with E-state index in [1.165, 1.54) is 45.5 Å². The molecule has 2 aromatic heterocycles. The molecule has 0 fully saturated rings. The summed E-state index contributed by atoms with van der Waals surface area (Å²) >= 11 is 3.60. The van der Waals surface area contributed by atoms with E-state index in [0.29, 0.717) is 0 Å². The number of aromatic nitrogens is 1. The minimum atomic E-state index is 0.230. The maximum Gasteiger partial charge on any atom is 0.108 e. The average molecular weight is 377 g/mol. The summed E-state index contributed by atoms with van der Waals surface area (Å²) in [5, 5.41) is 7.07. The average Bonchev–Trinajstić information content (AvgIpc) is 3.41. The molecule has 1 atom stereocenters. The Morgan fingerprint density at radius 1 is 1.00 bits per heavy atom. The Hall–Kier alpha value is -2.01. The number of nitrogens with zero attached hydrogens (tertiary/aromatic N) is 1. The monoisotopic (exact) mass is 376 g/mol. The number of aryl methyl sites for hydroxylation is 2. The lowest BCUT2D eigenvalue weighted by molar-refractivity contribution is 0.611. The fourth-order valence-corrected chi connectivity index (χ4v) is 5.54. The minimum Gasteiger partial charge on any atom is -0.299 e. The maximum atomic E-state index is 4.78. The fraction of sp³-hybridized carbons (Fsp3) is 0.227. The molecule has 4 aromatic rings. The molecule has 1 N–H and O–H groups in total. The molecule has 0 saturated heterocycles. The van der Waals surface area contributed by atoms with Gasteiger partial charge in [0.1, 0.15) is 5.01 Å². The third-order valence-electron chi connectivity index (χ3n) is 5.08. The van der Waals surface area contributed by atoms with E-state index in [2.05, 4.69) is 65.3 Å². The van der Waals surface area contributed by atoms with Crippen molar-refractivity contribution in [2.24, 2.45) is 0 Å². The molecule has 0 bridgehead atoms. The molecular formula is C22H20N2S2. The highest BCUT2D eigenvalue weighted by Gasteiger charge is 2.19. The highest BCUT2D eigenvalue weighted by atomic mass is 32.1. The quantitative estimate of drug-likeness (QED) is 0.481. The summed E-state index contributed by atoms with van der Waals surface area (Å²) in [7, 11) is 0. The number of nitrogens with one attached hydrogen (secondary N) is 1. The van der Waals surface area contributed by atoms with Crippen LogP contribution in [0.4, 0.5) is 0 Å². The molecule has 0 radical (unpaired) electrons. The lowest BCUT2D eigenvalue weighted by Crippen LogP contribution is -2.21. The van der Waals surface area contributed by atoms with Gasteiger partial charge in [0.2, 0.25) is 0 Å². The van der Waals surface area contributed by atoms with Gasteiger partial charge in [0, 0.05) is 11.4 Å². The lowest BCUT2D eigenvalue weighted by Gasteiger charge is -2.18. The largest absolute Gasteiger partial charge is 0.299 e.